The number of rotatable bonds is 3. The van der Waals surface area contributed by atoms with Gasteiger partial charge in [-0.05, 0) is 17.7 Å². The van der Waals surface area contributed by atoms with E-state index in [1.54, 1.807) is 14.2 Å². The third kappa shape index (κ3) is 2.32. The van der Waals surface area contributed by atoms with Crippen molar-refractivity contribution in [2.75, 3.05) is 14.2 Å². The molecule has 0 aliphatic carbocycles. The molecule has 22 heavy (non-hydrogen) atoms. The van der Waals surface area contributed by atoms with Gasteiger partial charge in [-0.25, -0.2) is 0 Å². The van der Waals surface area contributed by atoms with Gasteiger partial charge in [-0.2, -0.15) is 5.26 Å². The highest BCUT2D eigenvalue weighted by Crippen LogP contribution is 2.39. The first-order valence-corrected chi connectivity index (χ1v) is 7.40. The zero-order valence-electron chi connectivity index (χ0n) is 12.1. The molecule has 2 aromatic carbocycles. The normalized spacial score (nSPS) is 10.5. The van der Waals surface area contributed by atoms with Crippen molar-refractivity contribution in [2.45, 2.75) is 0 Å². The Balaban J connectivity index is 2.36. The lowest BCUT2D eigenvalue weighted by atomic mass is 10.0. The lowest BCUT2D eigenvalue weighted by Gasteiger charge is -2.08. The van der Waals surface area contributed by atoms with Crippen molar-refractivity contribution in [3.8, 4) is 28.8 Å². The van der Waals surface area contributed by atoms with Crippen LogP contribution in [0.1, 0.15) is 0 Å². The molecule has 110 valence electrons. The Kier molecular flexibility index (Phi) is 3.78. The molecule has 0 bridgehead atoms. The second-order valence-corrected chi connectivity index (χ2v) is 5.66. The summed E-state index contributed by atoms with van der Waals surface area (Å²) in [4.78, 5) is 0. The van der Waals surface area contributed by atoms with Gasteiger partial charge in [0.05, 0.1) is 25.1 Å². The number of halogens is 1. The van der Waals surface area contributed by atoms with Crippen molar-refractivity contribution in [1.29, 1.82) is 5.26 Å². The SMILES string of the molecule is COc1cc(OC)c2c(-c3ccc(Br)cc3)cn(C#N)c2c1. The molecule has 0 amide bonds. The van der Waals surface area contributed by atoms with E-state index < -0.39 is 0 Å². The molecule has 3 aromatic rings. The van der Waals surface area contributed by atoms with Crippen LogP contribution < -0.4 is 9.47 Å². The second-order valence-electron chi connectivity index (χ2n) is 4.74. The van der Waals surface area contributed by atoms with Gasteiger partial charge in [-0.1, -0.05) is 28.1 Å². The first-order chi connectivity index (χ1) is 10.7. The minimum Gasteiger partial charge on any atom is -0.497 e. The number of fused-ring (bicyclic) bond motifs is 1. The van der Waals surface area contributed by atoms with E-state index >= 15 is 0 Å². The van der Waals surface area contributed by atoms with Gasteiger partial charge in [0.25, 0.3) is 0 Å². The molecule has 0 saturated carbocycles. The monoisotopic (exact) mass is 356 g/mol. The van der Waals surface area contributed by atoms with Gasteiger partial charge in [-0.15, -0.1) is 0 Å². The summed E-state index contributed by atoms with van der Waals surface area (Å²) in [6, 6.07) is 11.6. The largest absolute Gasteiger partial charge is 0.497 e. The van der Waals surface area contributed by atoms with Crippen LogP contribution in [-0.4, -0.2) is 18.8 Å². The minimum atomic E-state index is 0.654. The van der Waals surface area contributed by atoms with E-state index in [0.29, 0.717) is 11.5 Å². The van der Waals surface area contributed by atoms with Crippen LogP contribution >= 0.6 is 15.9 Å². The van der Waals surface area contributed by atoms with E-state index in [4.69, 9.17) is 9.47 Å². The average molecular weight is 357 g/mol. The Labute approximate surface area is 136 Å². The van der Waals surface area contributed by atoms with Gasteiger partial charge in [0.15, 0.2) is 6.19 Å². The number of nitrogens with zero attached hydrogens (tertiary/aromatic N) is 2. The first-order valence-electron chi connectivity index (χ1n) is 6.61. The Hall–Kier alpha value is -2.45. The van der Waals surface area contributed by atoms with E-state index in [1.807, 2.05) is 42.6 Å². The van der Waals surface area contributed by atoms with Crippen LogP contribution in [0.5, 0.6) is 11.5 Å². The number of hydrogen-bond donors (Lipinski definition) is 0. The molecule has 0 unspecified atom stereocenters. The van der Waals surface area contributed by atoms with Crippen LogP contribution in [-0.2, 0) is 0 Å². The summed E-state index contributed by atoms with van der Waals surface area (Å²) < 4.78 is 13.3. The molecule has 0 atom stereocenters. The molecule has 4 nitrogen and oxygen atoms in total. The summed E-state index contributed by atoms with van der Waals surface area (Å²) >= 11 is 3.43. The molecule has 1 aromatic heterocycles. The summed E-state index contributed by atoms with van der Waals surface area (Å²) in [6.07, 6.45) is 3.99. The lowest BCUT2D eigenvalue weighted by molar-refractivity contribution is 0.398. The Morgan fingerprint density at radius 1 is 1.09 bits per heavy atom. The van der Waals surface area contributed by atoms with Crippen LogP contribution in [0.25, 0.3) is 22.0 Å². The summed E-state index contributed by atoms with van der Waals surface area (Å²) in [5, 5.41) is 10.3. The number of methoxy groups -OCH3 is 2. The molecule has 0 N–H and O–H groups in total. The Bertz CT molecular complexity index is 876. The van der Waals surface area contributed by atoms with Crippen molar-refractivity contribution in [3.05, 3.63) is 47.1 Å². The highest BCUT2D eigenvalue weighted by atomic mass is 79.9. The van der Waals surface area contributed by atoms with Gasteiger partial charge >= 0.3 is 0 Å². The molecule has 3 rings (SSSR count). The van der Waals surface area contributed by atoms with Crippen molar-refractivity contribution in [3.63, 3.8) is 0 Å². The zero-order valence-corrected chi connectivity index (χ0v) is 13.7. The number of nitriles is 1. The van der Waals surface area contributed by atoms with Gasteiger partial charge in [0, 0.05) is 28.4 Å². The summed E-state index contributed by atoms with van der Waals surface area (Å²) in [5.41, 5.74) is 2.73. The highest BCUT2D eigenvalue weighted by Gasteiger charge is 2.16. The molecule has 1 heterocycles. The maximum Gasteiger partial charge on any atom is 0.188 e. The average Bonchev–Trinajstić information content (AvgIpc) is 2.93. The maximum absolute atomic E-state index is 9.39. The Morgan fingerprint density at radius 3 is 2.41 bits per heavy atom. The molecule has 0 saturated heterocycles. The molecule has 0 radical (unpaired) electrons. The van der Waals surface area contributed by atoms with E-state index in [-0.39, 0.29) is 0 Å². The number of aromatic nitrogens is 1. The molecule has 5 heteroatoms. The quantitative estimate of drug-likeness (QED) is 0.697. The zero-order chi connectivity index (χ0) is 15.7. The highest BCUT2D eigenvalue weighted by molar-refractivity contribution is 9.10. The Morgan fingerprint density at radius 2 is 1.82 bits per heavy atom. The number of benzene rings is 2. The maximum atomic E-state index is 9.39. The first kappa shape index (κ1) is 14.5. The van der Waals surface area contributed by atoms with E-state index in [9.17, 15) is 5.26 Å². The summed E-state index contributed by atoms with van der Waals surface area (Å²) in [7, 11) is 3.21. The van der Waals surface area contributed by atoms with Crippen molar-refractivity contribution in [2.24, 2.45) is 0 Å². The van der Waals surface area contributed by atoms with Gasteiger partial charge in [0.1, 0.15) is 11.5 Å². The van der Waals surface area contributed by atoms with Gasteiger partial charge < -0.3 is 9.47 Å². The number of ether oxygens (including phenoxy) is 2. The number of hydrogen-bond acceptors (Lipinski definition) is 3. The predicted molar refractivity (Wildman–Crippen MR) is 89.2 cm³/mol. The van der Waals surface area contributed by atoms with E-state index in [2.05, 4.69) is 22.1 Å². The molecular weight excluding hydrogens is 344 g/mol. The minimum absolute atomic E-state index is 0.654. The molecular formula is C17H13BrN2O2. The second kappa shape index (κ2) is 5.74. The van der Waals surface area contributed by atoms with Crippen LogP contribution in [0.15, 0.2) is 47.1 Å². The van der Waals surface area contributed by atoms with Crippen LogP contribution in [0, 0.1) is 11.5 Å². The van der Waals surface area contributed by atoms with Crippen LogP contribution in [0.3, 0.4) is 0 Å². The fourth-order valence-corrected chi connectivity index (χ4v) is 2.77. The fourth-order valence-electron chi connectivity index (χ4n) is 2.51. The predicted octanol–water partition coefficient (Wildman–Crippen LogP) is 4.42. The third-order valence-corrected chi connectivity index (χ3v) is 4.09. The van der Waals surface area contributed by atoms with Crippen LogP contribution in [0.4, 0.5) is 0 Å². The summed E-state index contributed by atoms with van der Waals surface area (Å²) in [6.45, 7) is 0. The van der Waals surface area contributed by atoms with Gasteiger partial charge in [0.2, 0.25) is 0 Å². The topological polar surface area (TPSA) is 47.2 Å². The standard InChI is InChI=1S/C17H13BrN2O2/c1-21-13-7-15-17(16(8-13)22-2)14(9-20(15)10-19)11-3-5-12(18)6-4-11/h3-9H,1-2H3. The van der Waals surface area contributed by atoms with Crippen molar-refractivity contribution in [1.82, 2.24) is 4.57 Å². The van der Waals surface area contributed by atoms with E-state index in [0.717, 1.165) is 26.5 Å². The lowest BCUT2D eigenvalue weighted by Crippen LogP contribution is -1.90. The van der Waals surface area contributed by atoms with Crippen molar-refractivity contribution >= 4 is 26.8 Å². The van der Waals surface area contributed by atoms with Crippen LogP contribution in [0.2, 0.25) is 0 Å². The molecule has 0 fully saturated rings. The molecule has 0 aliphatic heterocycles. The fraction of sp³-hybridized carbons (Fsp3) is 0.118. The smallest absolute Gasteiger partial charge is 0.188 e. The molecule has 0 spiro atoms. The van der Waals surface area contributed by atoms with Gasteiger partial charge in [-0.3, -0.25) is 4.57 Å². The van der Waals surface area contributed by atoms with E-state index in [1.165, 1.54) is 4.57 Å². The summed E-state index contributed by atoms with van der Waals surface area (Å²) in [5.74, 6) is 1.34. The third-order valence-electron chi connectivity index (χ3n) is 3.56. The van der Waals surface area contributed by atoms with Crippen molar-refractivity contribution < 1.29 is 9.47 Å². The molecule has 0 aliphatic rings.